The number of aromatic nitrogens is 2. The van der Waals surface area contributed by atoms with E-state index in [4.69, 9.17) is 4.98 Å². The average molecular weight is 422 g/mol. The van der Waals surface area contributed by atoms with E-state index in [2.05, 4.69) is 15.2 Å². The number of nitrogens with zero attached hydrogens (tertiary/aromatic N) is 3. The minimum atomic E-state index is 0.00194. The summed E-state index contributed by atoms with van der Waals surface area (Å²) in [5.41, 5.74) is 3.34. The lowest BCUT2D eigenvalue weighted by molar-refractivity contribution is -0.115. The van der Waals surface area contributed by atoms with E-state index in [9.17, 15) is 9.59 Å². The molecule has 2 N–H and O–H groups in total. The van der Waals surface area contributed by atoms with Crippen LogP contribution in [0.2, 0.25) is 0 Å². The van der Waals surface area contributed by atoms with E-state index in [1.54, 1.807) is 11.8 Å². The third kappa shape index (κ3) is 3.75. The third-order valence-electron chi connectivity index (χ3n) is 5.55. The average Bonchev–Trinajstić information content (AvgIpc) is 2.91. The highest BCUT2D eigenvalue weighted by Gasteiger charge is 2.23. The maximum Gasteiger partial charge on any atom is 0.253 e. The van der Waals surface area contributed by atoms with Gasteiger partial charge in [-0.3, -0.25) is 9.59 Å². The molecule has 0 unspecified atom stereocenters. The van der Waals surface area contributed by atoms with Gasteiger partial charge in [-0.05, 0) is 36.8 Å². The Morgan fingerprint density at radius 2 is 1.97 bits per heavy atom. The number of thioether (sulfide) groups is 1. The SMILES string of the molecule is O=C1CCSc2ccc(C(=O)N3CCCN(c4nc5ccccc5[nH]4)CC3)cc2N1. The van der Waals surface area contributed by atoms with Crippen molar-refractivity contribution in [3.8, 4) is 0 Å². The minimum Gasteiger partial charge on any atom is -0.341 e. The Morgan fingerprint density at radius 3 is 2.87 bits per heavy atom. The lowest BCUT2D eigenvalue weighted by Gasteiger charge is -2.22. The molecule has 2 aliphatic rings. The van der Waals surface area contributed by atoms with Gasteiger partial charge in [-0.25, -0.2) is 4.98 Å². The molecule has 0 bridgehead atoms. The monoisotopic (exact) mass is 421 g/mol. The molecular formula is C22H23N5O2S. The number of carbonyl (C=O) groups is 2. The second-order valence-electron chi connectivity index (χ2n) is 7.57. The van der Waals surface area contributed by atoms with Gasteiger partial charge in [0.1, 0.15) is 0 Å². The second-order valence-corrected chi connectivity index (χ2v) is 8.70. The summed E-state index contributed by atoms with van der Waals surface area (Å²) in [5, 5.41) is 2.92. The number of hydrogen-bond acceptors (Lipinski definition) is 5. The van der Waals surface area contributed by atoms with Crippen molar-refractivity contribution >= 4 is 46.2 Å². The fourth-order valence-electron chi connectivity index (χ4n) is 3.96. The van der Waals surface area contributed by atoms with E-state index in [0.717, 1.165) is 52.8 Å². The van der Waals surface area contributed by atoms with Crippen molar-refractivity contribution in [2.45, 2.75) is 17.7 Å². The first-order valence-electron chi connectivity index (χ1n) is 10.2. The van der Waals surface area contributed by atoms with Gasteiger partial charge in [-0.15, -0.1) is 11.8 Å². The van der Waals surface area contributed by atoms with Gasteiger partial charge in [0.05, 0.1) is 16.7 Å². The minimum absolute atomic E-state index is 0.00194. The van der Waals surface area contributed by atoms with Crippen molar-refractivity contribution < 1.29 is 9.59 Å². The van der Waals surface area contributed by atoms with E-state index in [1.807, 2.05) is 47.4 Å². The predicted molar refractivity (Wildman–Crippen MR) is 119 cm³/mol. The van der Waals surface area contributed by atoms with Crippen LogP contribution in [0, 0.1) is 0 Å². The lowest BCUT2D eigenvalue weighted by atomic mass is 10.1. The first-order chi connectivity index (χ1) is 14.7. The van der Waals surface area contributed by atoms with Gasteiger partial charge in [0.15, 0.2) is 0 Å². The van der Waals surface area contributed by atoms with E-state index in [0.29, 0.717) is 25.1 Å². The number of rotatable bonds is 2. The van der Waals surface area contributed by atoms with Crippen LogP contribution in [-0.4, -0.2) is 58.6 Å². The van der Waals surface area contributed by atoms with Gasteiger partial charge in [0, 0.05) is 48.8 Å². The van der Waals surface area contributed by atoms with Crippen LogP contribution in [0.1, 0.15) is 23.2 Å². The number of para-hydroxylation sites is 2. The fraction of sp³-hybridized carbons (Fsp3) is 0.318. The van der Waals surface area contributed by atoms with E-state index < -0.39 is 0 Å². The Kier molecular flexibility index (Phi) is 5.08. The number of benzene rings is 2. The molecule has 1 aromatic heterocycles. The fourth-order valence-corrected chi connectivity index (χ4v) is 4.89. The Bertz CT molecular complexity index is 1080. The highest BCUT2D eigenvalue weighted by molar-refractivity contribution is 7.99. The maximum absolute atomic E-state index is 13.2. The Labute approximate surface area is 178 Å². The number of imidazole rings is 1. The summed E-state index contributed by atoms with van der Waals surface area (Å²) in [5.74, 6) is 1.63. The molecule has 2 aromatic carbocycles. The van der Waals surface area contributed by atoms with Gasteiger partial charge in [0.25, 0.3) is 5.91 Å². The standard InChI is InChI=1S/C22H23N5O2S/c28-20-8-13-30-19-7-6-15(14-18(19)23-20)21(29)26-9-3-10-27(12-11-26)22-24-16-4-1-2-5-17(16)25-22/h1-2,4-7,14H,3,8-13H2,(H,23,28)(H,24,25). The second kappa shape index (κ2) is 8.02. The number of aromatic amines is 1. The van der Waals surface area contributed by atoms with Crippen LogP contribution in [-0.2, 0) is 4.79 Å². The summed E-state index contributed by atoms with van der Waals surface area (Å²) < 4.78 is 0. The number of amides is 2. The molecule has 2 amide bonds. The molecule has 0 radical (unpaired) electrons. The van der Waals surface area contributed by atoms with E-state index in [1.165, 1.54) is 0 Å². The summed E-state index contributed by atoms with van der Waals surface area (Å²) >= 11 is 1.65. The maximum atomic E-state index is 13.2. The zero-order chi connectivity index (χ0) is 20.5. The molecule has 30 heavy (non-hydrogen) atoms. The molecule has 1 fully saturated rings. The summed E-state index contributed by atoms with van der Waals surface area (Å²) in [6, 6.07) is 13.6. The van der Waals surface area contributed by atoms with Crippen molar-refractivity contribution in [1.29, 1.82) is 0 Å². The number of carbonyl (C=O) groups excluding carboxylic acids is 2. The van der Waals surface area contributed by atoms with Crippen molar-refractivity contribution in [2.24, 2.45) is 0 Å². The van der Waals surface area contributed by atoms with Crippen LogP contribution < -0.4 is 10.2 Å². The molecule has 154 valence electrons. The molecular weight excluding hydrogens is 398 g/mol. The third-order valence-corrected chi connectivity index (χ3v) is 6.62. The number of H-pyrrole nitrogens is 1. The van der Waals surface area contributed by atoms with Crippen molar-refractivity contribution in [3.05, 3.63) is 48.0 Å². The predicted octanol–water partition coefficient (Wildman–Crippen LogP) is 3.35. The number of nitrogens with one attached hydrogen (secondary N) is 2. The lowest BCUT2D eigenvalue weighted by Crippen LogP contribution is -2.35. The van der Waals surface area contributed by atoms with Crippen LogP contribution >= 0.6 is 11.8 Å². The number of fused-ring (bicyclic) bond motifs is 2. The summed E-state index contributed by atoms with van der Waals surface area (Å²) in [6.07, 6.45) is 1.37. The van der Waals surface area contributed by atoms with Crippen molar-refractivity contribution in [1.82, 2.24) is 14.9 Å². The zero-order valence-corrected chi connectivity index (χ0v) is 17.4. The smallest absolute Gasteiger partial charge is 0.253 e. The molecule has 0 spiro atoms. The van der Waals surface area contributed by atoms with Crippen LogP contribution in [0.15, 0.2) is 47.4 Å². The number of hydrogen-bond donors (Lipinski definition) is 2. The summed E-state index contributed by atoms with van der Waals surface area (Å²) in [7, 11) is 0. The first-order valence-corrected chi connectivity index (χ1v) is 11.2. The summed E-state index contributed by atoms with van der Waals surface area (Å²) in [4.78, 5) is 38.2. The molecule has 3 heterocycles. The van der Waals surface area contributed by atoms with Crippen LogP contribution in [0.3, 0.4) is 0 Å². The van der Waals surface area contributed by atoms with Crippen molar-refractivity contribution in [2.75, 3.05) is 42.1 Å². The largest absolute Gasteiger partial charge is 0.341 e. The number of anilines is 2. The van der Waals surface area contributed by atoms with Gasteiger partial charge in [-0.1, -0.05) is 12.1 Å². The molecule has 0 saturated carbocycles. The van der Waals surface area contributed by atoms with Crippen LogP contribution in [0.4, 0.5) is 11.6 Å². The van der Waals surface area contributed by atoms with Gasteiger partial charge in [-0.2, -0.15) is 0 Å². The Balaban J connectivity index is 1.31. The molecule has 5 rings (SSSR count). The Hall–Kier alpha value is -3.00. The van der Waals surface area contributed by atoms with Gasteiger partial charge in [0.2, 0.25) is 11.9 Å². The highest BCUT2D eigenvalue weighted by atomic mass is 32.2. The topological polar surface area (TPSA) is 81.3 Å². The summed E-state index contributed by atoms with van der Waals surface area (Å²) in [6.45, 7) is 2.91. The quantitative estimate of drug-likeness (QED) is 0.663. The molecule has 1 saturated heterocycles. The molecule has 8 heteroatoms. The van der Waals surface area contributed by atoms with E-state index >= 15 is 0 Å². The zero-order valence-electron chi connectivity index (χ0n) is 16.6. The van der Waals surface area contributed by atoms with Gasteiger partial charge >= 0.3 is 0 Å². The van der Waals surface area contributed by atoms with E-state index in [-0.39, 0.29) is 11.8 Å². The molecule has 7 nitrogen and oxygen atoms in total. The van der Waals surface area contributed by atoms with Crippen LogP contribution in [0.5, 0.6) is 0 Å². The van der Waals surface area contributed by atoms with Crippen molar-refractivity contribution in [3.63, 3.8) is 0 Å². The highest BCUT2D eigenvalue weighted by Crippen LogP contribution is 2.32. The molecule has 2 aliphatic heterocycles. The molecule has 0 atom stereocenters. The Morgan fingerprint density at radius 1 is 1.07 bits per heavy atom. The molecule has 0 aliphatic carbocycles. The molecule has 3 aromatic rings. The normalized spacial score (nSPS) is 17.3. The first kappa shape index (κ1) is 19.0. The van der Waals surface area contributed by atoms with Crippen LogP contribution in [0.25, 0.3) is 11.0 Å². The van der Waals surface area contributed by atoms with Gasteiger partial charge < -0.3 is 20.1 Å².